The summed E-state index contributed by atoms with van der Waals surface area (Å²) in [6, 6.07) is 8.04. The van der Waals surface area contributed by atoms with E-state index in [2.05, 4.69) is 61.6 Å². The Labute approximate surface area is 198 Å². The molecule has 1 saturated heterocycles. The van der Waals surface area contributed by atoms with Crippen LogP contribution in [0.25, 0.3) is 0 Å². The van der Waals surface area contributed by atoms with Crippen molar-refractivity contribution in [3.8, 4) is 0 Å². The average Bonchev–Trinajstić information content (AvgIpc) is 3.09. The summed E-state index contributed by atoms with van der Waals surface area (Å²) in [4.78, 5) is 27.9. The predicted molar refractivity (Wildman–Crippen MR) is 129 cm³/mol. The number of piperazine rings is 1. The van der Waals surface area contributed by atoms with Crippen molar-refractivity contribution in [3.63, 3.8) is 0 Å². The Bertz CT molecular complexity index is 930. The molecular formula is C24H32BrN5O2. The summed E-state index contributed by atoms with van der Waals surface area (Å²) in [5.74, 6) is 1.10. The number of aliphatic hydroxyl groups is 1. The van der Waals surface area contributed by atoms with Gasteiger partial charge >= 0.3 is 0 Å². The highest BCUT2D eigenvalue weighted by Crippen LogP contribution is 2.42. The van der Waals surface area contributed by atoms with E-state index in [4.69, 9.17) is 0 Å². The van der Waals surface area contributed by atoms with Crippen LogP contribution in [0.4, 0.5) is 5.82 Å². The van der Waals surface area contributed by atoms with Crippen LogP contribution in [-0.4, -0.2) is 77.6 Å². The number of hydrogen-bond acceptors (Lipinski definition) is 7. The molecule has 0 saturated carbocycles. The number of fused-ring (bicyclic) bond motifs is 1. The Morgan fingerprint density at radius 2 is 1.88 bits per heavy atom. The fourth-order valence-electron chi connectivity index (χ4n) is 5.08. The van der Waals surface area contributed by atoms with Crippen LogP contribution < -0.4 is 4.90 Å². The fourth-order valence-corrected chi connectivity index (χ4v) is 5.34. The Morgan fingerprint density at radius 3 is 2.50 bits per heavy atom. The normalized spacial score (nSPS) is 23.2. The second kappa shape index (κ2) is 9.95. The van der Waals surface area contributed by atoms with Crippen LogP contribution in [0.3, 0.4) is 0 Å². The highest BCUT2D eigenvalue weighted by atomic mass is 79.9. The summed E-state index contributed by atoms with van der Waals surface area (Å²) in [6.45, 7) is 5.65. The zero-order valence-corrected chi connectivity index (χ0v) is 20.6. The van der Waals surface area contributed by atoms with Gasteiger partial charge in [0.1, 0.15) is 18.4 Å². The molecule has 32 heavy (non-hydrogen) atoms. The lowest BCUT2D eigenvalue weighted by atomic mass is 9.95. The summed E-state index contributed by atoms with van der Waals surface area (Å²) in [5, 5.41) is 10.3. The van der Waals surface area contributed by atoms with Crippen LogP contribution >= 0.6 is 15.9 Å². The van der Waals surface area contributed by atoms with Crippen LogP contribution in [0.1, 0.15) is 54.5 Å². The maximum Gasteiger partial charge on any atom is 0.135 e. The van der Waals surface area contributed by atoms with Gasteiger partial charge in [-0.25, -0.2) is 9.97 Å². The molecule has 1 aromatic heterocycles. The van der Waals surface area contributed by atoms with Gasteiger partial charge in [-0.05, 0) is 50.6 Å². The summed E-state index contributed by atoms with van der Waals surface area (Å²) in [6.07, 6.45) is 3.81. The van der Waals surface area contributed by atoms with Gasteiger partial charge in [0.2, 0.25) is 0 Å². The van der Waals surface area contributed by atoms with Gasteiger partial charge in [0.05, 0.1) is 18.0 Å². The molecule has 2 unspecified atom stereocenters. The summed E-state index contributed by atoms with van der Waals surface area (Å²) < 4.78 is 1.02. The van der Waals surface area contributed by atoms with Crippen molar-refractivity contribution in [2.75, 3.05) is 45.2 Å². The Hall–Kier alpha value is -1.87. The van der Waals surface area contributed by atoms with Crippen molar-refractivity contribution < 1.29 is 9.90 Å². The maximum atomic E-state index is 11.9. The maximum absolute atomic E-state index is 11.9. The largest absolute Gasteiger partial charge is 0.387 e. The molecule has 1 fully saturated rings. The molecule has 2 aromatic rings. The Morgan fingerprint density at radius 1 is 1.19 bits per heavy atom. The third kappa shape index (κ3) is 4.73. The smallest absolute Gasteiger partial charge is 0.135 e. The first kappa shape index (κ1) is 23.3. The van der Waals surface area contributed by atoms with Gasteiger partial charge in [-0.1, -0.05) is 35.0 Å². The van der Waals surface area contributed by atoms with Crippen molar-refractivity contribution in [2.45, 2.75) is 43.9 Å². The molecule has 2 heterocycles. The molecule has 7 nitrogen and oxygen atoms in total. The van der Waals surface area contributed by atoms with E-state index >= 15 is 0 Å². The van der Waals surface area contributed by atoms with E-state index in [1.807, 2.05) is 24.3 Å². The number of carbonyl (C=O) groups excluding carboxylic acids is 1. The third-order valence-corrected chi connectivity index (χ3v) is 7.37. The van der Waals surface area contributed by atoms with Gasteiger partial charge in [-0.3, -0.25) is 9.80 Å². The number of aromatic nitrogens is 2. The van der Waals surface area contributed by atoms with Crippen LogP contribution in [0.15, 0.2) is 35.1 Å². The first-order valence-corrected chi connectivity index (χ1v) is 12.1. The zero-order chi connectivity index (χ0) is 22.8. The number of hydrogen-bond donors (Lipinski definition) is 1. The second-order valence-corrected chi connectivity index (χ2v) is 10.1. The lowest BCUT2D eigenvalue weighted by molar-refractivity contribution is -0.110. The molecule has 0 radical (unpaired) electrons. The number of aldehydes is 1. The van der Waals surface area contributed by atoms with E-state index in [-0.39, 0.29) is 18.0 Å². The van der Waals surface area contributed by atoms with Crippen molar-refractivity contribution in [3.05, 3.63) is 51.9 Å². The van der Waals surface area contributed by atoms with E-state index in [1.54, 1.807) is 6.33 Å². The van der Waals surface area contributed by atoms with Gasteiger partial charge < -0.3 is 14.8 Å². The minimum atomic E-state index is -0.486. The number of carbonyl (C=O) groups is 1. The lowest BCUT2D eigenvalue weighted by Crippen LogP contribution is -2.55. The first-order chi connectivity index (χ1) is 15.4. The SMILES string of the molecule is C[C@@H]1C[C@@H](O)c2ncnc(N3CCN(C(CC(C=O)c4ccc(Br)cc4)N(C)C)CC3)c21. The number of rotatable bonds is 7. The van der Waals surface area contributed by atoms with Crippen molar-refractivity contribution in [2.24, 2.45) is 0 Å². The zero-order valence-electron chi connectivity index (χ0n) is 19.0. The number of anilines is 1. The topological polar surface area (TPSA) is 72.8 Å². The Kier molecular flexibility index (Phi) is 7.24. The molecule has 2 aliphatic rings. The molecule has 1 aromatic carbocycles. The highest BCUT2D eigenvalue weighted by molar-refractivity contribution is 9.10. The van der Waals surface area contributed by atoms with E-state index in [0.29, 0.717) is 6.42 Å². The molecule has 1 aliphatic heterocycles. The number of aliphatic hydroxyl groups excluding tert-OH is 1. The third-order valence-electron chi connectivity index (χ3n) is 6.84. The van der Waals surface area contributed by atoms with E-state index in [0.717, 1.165) is 66.0 Å². The van der Waals surface area contributed by atoms with Crippen molar-refractivity contribution >= 4 is 28.0 Å². The van der Waals surface area contributed by atoms with Gasteiger partial charge in [-0.2, -0.15) is 0 Å². The number of halogens is 1. The second-order valence-electron chi connectivity index (χ2n) is 9.15. The van der Waals surface area contributed by atoms with Gasteiger partial charge in [0, 0.05) is 42.1 Å². The first-order valence-electron chi connectivity index (χ1n) is 11.3. The number of benzene rings is 1. The van der Waals surface area contributed by atoms with Gasteiger partial charge in [0.15, 0.2) is 0 Å². The molecule has 0 spiro atoms. The molecule has 4 atom stereocenters. The molecule has 0 amide bonds. The summed E-state index contributed by atoms with van der Waals surface area (Å²) in [7, 11) is 4.17. The van der Waals surface area contributed by atoms with Crippen LogP contribution in [0.5, 0.6) is 0 Å². The standard InChI is InChI=1S/C24H32BrN5O2/c1-16-12-20(32)23-22(16)24(27-15-26-23)30-10-8-29(9-11-30)21(28(2)3)13-18(14-31)17-4-6-19(25)7-5-17/h4-7,14-16,18,20-21,32H,8-13H2,1-3H3/t16-,18?,20-,21?/m1/s1. The van der Waals surface area contributed by atoms with Crippen LogP contribution in [0.2, 0.25) is 0 Å². The number of nitrogens with zero attached hydrogens (tertiary/aromatic N) is 5. The minimum Gasteiger partial charge on any atom is -0.387 e. The van der Waals surface area contributed by atoms with E-state index in [1.165, 1.54) is 0 Å². The lowest BCUT2D eigenvalue weighted by Gasteiger charge is -2.43. The minimum absolute atomic E-state index is 0.138. The van der Waals surface area contributed by atoms with Gasteiger partial charge in [-0.15, -0.1) is 0 Å². The fraction of sp³-hybridized carbons (Fsp3) is 0.542. The molecule has 1 N–H and O–H groups in total. The highest BCUT2D eigenvalue weighted by Gasteiger charge is 2.35. The monoisotopic (exact) mass is 501 g/mol. The van der Waals surface area contributed by atoms with E-state index < -0.39 is 6.10 Å². The molecule has 4 rings (SSSR count). The van der Waals surface area contributed by atoms with Crippen LogP contribution in [0, 0.1) is 0 Å². The van der Waals surface area contributed by atoms with Crippen molar-refractivity contribution in [1.29, 1.82) is 0 Å². The van der Waals surface area contributed by atoms with Gasteiger partial charge in [0.25, 0.3) is 0 Å². The molecular weight excluding hydrogens is 470 g/mol. The van der Waals surface area contributed by atoms with Crippen molar-refractivity contribution in [1.82, 2.24) is 19.8 Å². The van der Waals surface area contributed by atoms with Crippen LogP contribution in [-0.2, 0) is 4.79 Å². The summed E-state index contributed by atoms with van der Waals surface area (Å²) in [5.41, 5.74) is 2.95. The summed E-state index contributed by atoms with van der Waals surface area (Å²) >= 11 is 3.47. The molecule has 0 bridgehead atoms. The molecule has 8 heteroatoms. The molecule has 1 aliphatic carbocycles. The molecule has 172 valence electrons. The average molecular weight is 502 g/mol. The Balaban J connectivity index is 1.45. The predicted octanol–water partition coefficient (Wildman–Crippen LogP) is 3.16. The van der Waals surface area contributed by atoms with E-state index in [9.17, 15) is 9.90 Å². The quantitative estimate of drug-likeness (QED) is 0.584.